The van der Waals surface area contributed by atoms with Gasteiger partial charge in [-0.05, 0) is 29.0 Å². The summed E-state index contributed by atoms with van der Waals surface area (Å²) in [4.78, 5) is 0. The average Bonchev–Trinajstić information content (AvgIpc) is 2.83. The quantitative estimate of drug-likeness (QED) is 0.508. The molecular weight excluding hydrogens is 400 g/mol. The number of hydrogen-bond acceptors (Lipinski definition) is 4. The molecule has 4 rings (SSSR count). The fourth-order valence-electron chi connectivity index (χ4n) is 4.33. The van der Waals surface area contributed by atoms with Crippen LogP contribution in [-0.4, -0.2) is 29.5 Å². The molecule has 32 heavy (non-hydrogen) atoms. The Hall–Kier alpha value is -2.50. The smallest absolute Gasteiger partial charge is 0.113 e. The summed E-state index contributed by atoms with van der Waals surface area (Å²) in [5, 5.41) is 10.9. The number of aliphatic hydroxyl groups excluding tert-OH is 1. The van der Waals surface area contributed by atoms with Crippen LogP contribution in [0.3, 0.4) is 0 Å². The van der Waals surface area contributed by atoms with E-state index < -0.39 is 12.2 Å². The van der Waals surface area contributed by atoms with E-state index in [0.717, 1.165) is 16.7 Å². The zero-order valence-corrected chi connectivity index (χ0v) is 18.5. The zero-order chi connectivity index (χ0) is 22.2. The minimum absolute atomic E-state index is 0.145. The van der Waals surface area contributed by atoms with Crippen molar-refractivity contribution in [3.63, 3.8) is 0 Å². The predicted molar refractivity (Wildman–Crippen MR) is 125 cm³/mol. The van der Waals surface area contributed by atoms with Crippen LogP contribution >= 0.6 is 0 Å². The molecule has 0 aliphatic heterocycles. The van der Waals surface area contributed by atoms with Crippen LogP contribution in [0.15, 0.2) is 91.0 Å². The summed E-state index contributed by atoms with van der Waals surface area (Å²) in [6.07, 6.45) is -1.00. The van der Waals surface area contributed by atoms with Gasteiger partial charge in [-0.3, -0.25) is 0 Å². The first kappa shape index (κ1) is 22.7. The lowest BCUT2D eigenvalue weighted by atomic mass is 9.81. The second kappa shape index (κ2) is 11.4. The van der Waals surface area contributed by atoms with Gasteiger partial charge < -0.3 is 19.3 Å². The molecule has 0 bridgehead atoms. The van der Waals surface area contributed by atoms with Crippen LogP contribution in [0, 0.1) is 5.92 Å². The number of ether oxygens (including phenoxy) is 3. The monoisotopic (exact) mass is 432 g/mol. The minimum Gasteiger partial charge on any atom is -0.390 e. The van der Waals surface area contributed by atoms with Gasteiger partial charge in [-0.25, -0.2) is 0 Å². The van der Waals surface area contributed by atoms with Crippen LogP contribution in [0.5, 0.6) is 0 Å². The third kappa shape index (κ3) is 6.05. The maximum absolute atomic E-state index is 10.9. The number of hydrogen-bond donors (Lipinski definition) is 1. The molecule has 168 valence electrons. The lowest BCUT2D eigenvalue weighted by Crippen LogP contribution is -2.56. The molecule has 1 N–H and O–H groups in total. The molecule has 4 heteroatoms. The molecule has 3 aromatic carbocycles. The number of benzene rings is 3. The largest absolute Gasteiger partial charge is 0.390 e. The Balaban J connectivity index is 1.50. The average molecular weight is 433 g/mol. The summed E-state index contributed by atoms with van der Waals surface area (Å²) in [5.74, 6) is 0.145. The number of rotatable bonds is 9. The van der Waals surface area contributed by atoms with E-state index in [4.69, 9.17) is 14.2 Å². The Morgan fingerprint density at radius 3 is 1.41 bits per heavy atom. The first-order valence-electron chi connectivity index (χ1n) is 11.4. The molecule has 0 unspecified atom stereocenters. The van der Waals surface area contributed by atoms with E-state index in [0.29, 0.717) is 26.2 Å². The van der Waals surface area contributed by atoms with Gasteiger partial charge in [-0.1, -0.05) is 97.9 Å². The first-order valence-corrected chi connectivity index (χ1v) is 11.4. The van der Waals surface area contributed by atoms with Gasteiger partial charge in [-0.15, -0.1) is 0 Å². The van der Waals surface area contributed by atoms with Crippen molar-refractivity contribution in [2.24, 2.45) is 5.92 Å². The van der Waals surface area contributed by atoms with E-state index in [1.165, 1.54) is 0 Å². The fourth-order valence-corrected chi connectivity index (χ4v) is 4.33. The van der Waals surface area contributed by atoms with Crippen LogP contribution in [0.2, 0.25) is 0 Å². The van der Waals surface area contributed by atoms with Gasteiger partial charge in [0.05, 0.1) is 32.0 Å². The zero-order valence-electron chi connectivity index (χ0n) is 18.5. The highest BCUT2D eigenvalue weighted by molar-refractivity contribution is 5.15. The van der Waals surface area contributed by atoms with Gasteiger partial charge in [0.1, 0.15) is 12.2 Å². The molecule has 0 amide bonds. The van der Waals surface area contributed by atoms with Crippen molar-refractivity contribution in [3.8, 4) is 0 Å². The highest BCUT2D eigenvalue weighted by atomic mass is 16.6. The molecule has 3 aromatic rings. The second-order valence-corrected chi connectivity index (χ2v) is 8.56. The summed E-state index contributed by atoms with van der Waals surface area (Å²) in [5.41, 5.74) is 3.28. The van der Waals surface area contributed by atoms with E-state index >= 15 is 0 Å². The van der Waals surface area contributed by atoms with Gasteiger partial charge in [0.25, 0.3) is 0 Å². The van der Waals surface area contributed by atoms with Gasteiger partial charge >= 0.3 is 0 Å². The normalized spacial score (nSPS) is 25.5. The molecule has 1 fully saturated rings. The molecule has 0 aromatic heterocycles. The molecule has 5 atom stereocenters. The Labute approximate surface area is 190 Å². The van der Waals surface area contributed by atoms with E-state index in [2.05, 4.69) is 19.1 Å². The van der Waals surface area contributed by atoms with Crippen LogP contribution in [0.25, 0.3) is 0 Å². The van der Waals surface area contributed by atoms with Crippen molar-refractivity contribution in [2.45, 2.75) is 57.6 Å². The van der Waals surface area contributed by atoms with E-state index in [1.54, 1.807) is 0 Å². The van der Waals surface area contributed by atoms with Crippen molar-refractivity contribution in [3.05, 3.63) is 108 Å². The summed E-state index contributed by atoms with van der Waals surface area (Å²) < 4.78 is 19.1. The van der Waals surface area contributed by atoms with E-state index in [1.807, 2.05) is 78.9 Å². The SMILES string of the molecule is C[C@@H]1C[C@H](O)[C@@H](OCc2ccccc2)[C@H](OCc2ccccc2)[C@@H]1OCc1ccccc1. The highest BCUT2D eigenvalue weighted by Gasteiger charge is 2.45. The molecule has 1 aliphatic carbocycles. The molecule has 0 saturated heterocycles. The molecular formula is C28H32O4. The highest BCUT2D eigenvalue weighted by Crippen LogP contribution is 2.33. The van der Waals surface area contributed by atoms with E-state index in [-0.39, 0.29) is 18.1 Å². The molecule has 1 aliphatic rings. The van der Waals surface area contributed by atoms with Gasteiger partial charge in [-0.2, -0.15) is 0 Å². The molecule has 4 nitrogen and oxygen atoms in total. The topological polar surface area (TPSA) is 47.9 Å². The van der Waals surface area contributed by atoms with Crippen LogP contribution in [0.1, 0.15) is 30.0 Å². The Morgan fingerprint density at radius 2 is 0.969 bits per heavy atom. The Morgan fingerprint density at radius 1 is 0.594 bits per heavy atom. The first-order chi connectivity index (χ1) is 15.7. The maximum atomic E-state index is 10.9. The second-order valence-electron chi connectivity index (χ2n) is 8.56. The Kier molecular flexibility index (Phi) is 8.07. The minimum atomic E-state index is -0.605. The third-order valence-electron chi connectivity index (χ3n) is 6.06. The van der Waals surface area contributed by atoms with Gasteiger partial charge in [0.15, 0.2) is 0 Å². The summed E-state index contributed by atoms with van der Waals surface area (Å²) in [6.45, 7) is 3.49. The summed E-state index contributed by atoms with van der Waals surface area (Å²) in [7, 11) is 0. The molecule has 0 radical (unpaired) electrons. The van der Waals surface area contributed by atoms with Crippen molar-refractivity contribution in [1.29, 1.82) is 0 Å². The standard InChI is InChI=1S/C28H32O4/c1-21-17-25(29)27(31-19-23-13-7-3-8-14-23)28(32-20-24-15-9-4-10-16-24)26(21)30-18-22-11-5-2-6-12-22/h2-16,21,25-29H,17-20H2,1H3/t21-,25+,26-,27-,28-/m1/s1. The van der Waals surface area contributed by atoms with Crippen molar-refractivity contribution >= 4 is 0 Å². The molecule has 0 spiro atoms. The van der Waals surface area contributed by atoms with Gasteiger partial charge in [0, 0.05) is 0 Å². The van der Waals surface area contributed by atoms with Crippen molar-refractivity contribution in [1.82, 2.24) is 0 Å². The maximum Gasteiger partial charge on any atom is 0.113 e. The molecule has 1 saturated carbocycles. The van der Waals surface area contributed by atoms with Crippen LogP contribution in [0.4, 0.5) is 0 Å². The fraction of sp³-hybridized carbons (Fsp3) is 0.357. The Bertz CT molecular complexity index is 860. The van der Waals surface area contributed by atoms with Crippen molar-refractivity contribution in [2.75, 3.05) is 0 Å². The van der Waals surface area contributed by atoms with E-state index in [9.17, 15) is 5.11 Å². The number of aliphatic hydroxyl groups is 1. The lowest BCUT2D eigenvalue weighted by molar-refractivity contribution is -0.216. The third-order valence-corrected chi connectivity index (χ3v) is 6.06. The van der Waals surface area contributed by atoms with Crippen LogP contribution < -0.4 is 0 Å². The summed E-state index contributed by atoms with van der Waals surface area (Å²) >= 11 is 0. The summed E-state index contributed by atoms with van der Waals surface area (Å²) in [6, 6.07) is 30.3. The predicted octanol–water partition coefficient (Wildman–Crippen LogP) is 5.14. The van der Waals surface area contributed by atoms with Crippen LogP contribution in [-0.2, 0) is 34.0 Å². The van der Waals surface area contributed by atoms with Crippen molar-refractivity contribution < 1.29 is 19.3 Å². The lowest BCUT2D eigenvalue weighted by Gasteiger charge is -2.43. The van der Waals surface area contributed by atoms with Gasteiger partial charge in [0.2, 0.25) is 0 Å². The molecule has 0 heterocycles.